The Morgan fingerprint density at radius 3 is 2.36 bits per heavy atom. The molecule has 2 rings (SSSR count). The summed E-state index contributed by atoms with van der Waals surface area (Å²) in [6.07, 6.45) is 0. The van der Waals surface area contributed by atoms with Gasteiger partial charge in [-0.25, -0.2) is 4.79 Å². The average molecular weight is 301 g/mol. The molecule has 1 atom stereocenters. The smallest absolute Gasteiger partial charge is 0.330 e. The summed E-state index contributed by atoms with van der Waals surface area (Å²) in [6.45, 7) is 4.07. The molecule has 0 saturated heterocycles. The van der Waals surface area contributed by atoms with Crippen LogP contribution < -0.4 is 4.74 Å². The zero-order valence-corrected chi connectivity index (χ0v) is 13.8. The number of fused-ring (bicyclic) bond motifs is 1. The van der Waals surface area contributed by atoms with E-state index in [-0.39, 0.29) is 5.97 Å². The lowest BCUT2D eigenvalue weighted by molar-refractivity contribution is -0.156. The molecule has 0 aromatic heterocycles. The fourth-order valence-corrected chi connectivity index (χ4v) is 2.48. The number of esters is 1. The molecule has 0 bridgehead atoms. The Kier molecular flexibility index (Phi) is 4.71. The molecular weight excluding hydrogens is 278 g/mol. The number of likely N-dealkylation sites (N-methyl/N-ethyl adjacent to an activating group) is 1. The predicted octanol–water partition coefficient (Wildman–Crippen LogP) is 3.19. The first-order valence-electron chi connectivity index (χ1n) is 7.36. The maximum absolute atomic E-state index is 12.5. The van der Waals surface area contributed by atoms with E-state index in [1.807, 2.05) is 69.2 Å². The number of carbonyl (C=O) groups excluding carboxylic acids is 1. The van der Waals surface area contributed by atoms with Gasteiger partial charge in [-0.05, 0) is 62.5 Å². The highest BCUT2D eigenvalue weighted by Gasteiger charge is 2.39. The molecule has 0 amide bonds. The molecular formula is C18H23NO3. The Morgan fingerprint density at radius 1 is 1.14 bits per heavy atom. The summed E-state index contributed by atoms with van der Waals surface area (Å²) < 4.78 is 10.5. The number of nitrogens with zero attached hydrogens (tertiary/aromatic N) is 1. The minimum absolute atomic E-state index is 0.243. The largest absolute Gasteiger partial charge is 0.497 e. The molecule has 4 nitrogen and oxygen atoms in total. The molecule has 2 aromatic rings. The monoisotopic (exact) mass is 301 g/mol. The van der Waals surface area contributed by atoms with Crippen LogP contribution in [0.15, 0.2) is 36.4 Å². The van der Waals surface area contributed by atoms with Gasteiger partial charge in [-0.1, -0.05) is 18.2 Å². The van der Waals surface area contributed by atoms with Crippen molar-refractivity contribution in [3.05, 3.63) is 42.0 Å². The number of rotatable bonds is 5. The Morgan fingerprint density at radius 2 is 1.77 bits per heavy atom. The summed E-state index contributed by atoms with van der Waals surface area (Å²) in [5, 5.41) is 2.14. The fraction of sp³-hybridized carbons (Fsp3) is 0.389. The number of benzene rings is 2. The molecule has 0 N–H and O–H groups in total. The summed E-state index contributed by atoms with van der Waals surface area (Å²) >= 11 is 0. The van der Waals surface area contributed by atoms with Gasteiger partial charge in [0.05, 0.1) is 13.7 Å². The quantitative estimate of drug-likeness (QED) is 0.795. The Labute approximate surface area is 131 Å². The number of hydrogen-bond acceptors (Lipinski definition) is 4. The van der Waals surface area contributed by atoms with Crippen molar-refractivity contribution in [1.82, 2.24) is 4.90 Å². The number of carbonyl (C=O) groups is 1. The standard InChI is InChI=1S/C18H23NO3/c1-6-22-17(20)18(2,19(3)4)15-9-7-14-12-16(21-5)10-8-13(14)11-15/h7-12H,6H2,1-5H3. The van der Waals surface area contributed by atoms with E-state index in [1.165, 1.54) is 0 Å². The summed E-state index contributed by atoms with van der Waals surface area (Å²) in [5.74, 6) is 0.578. The van der Waals surface area contributed by atoms with Crippen LogP contribution in [0, 0.1) is 0 Å². The number of ether oxygens (including phenoxy) is 2. The van der Waals surface area contributed by atoms with Crippen molar-refractivity contribution >= 4 is 16.7 Å². The van der Waals surface area contributed by atoms with Crippen LogP contribution in [-0.2, 0) is 15.1 Å². The summed E-state index contributed by atoms with van der Waals surface area (Å²) in [6, 6.07) is 11.9. The lowest BCUT2D eigenvalue weighted by Gasteiger charge is -2.34. The van der Waals surface area contributed by atoms with Gasteiger partial charge in [0.2, 0.25) is 0 Å². The van der Waals surface area contributed by atoms with E-state index in [4.69, 9.17) is 9.47 Å². The van der Waals surface area contributed by atoms with Crippen molar-refractivity contribution < 1.29 is 14.3 Å². The second-order valence-electron chi connectivity index (χ2n) is 5.61. The molecule has 0 heterocycles. The molecule has 4 heteroatoms. The minimum Gasteiger partial charge on any atom is -0.497 e. The van der Waals surface area contributed by atoms with Crippen molar-refractivity contribution in [3.8, 4) is 5.75 Å². The molecule has 118 valence electrons. The first-order chi connectivity index (χ1) is 10.4. The van der Waals surface area contributed by atoms with Crippen LogP contribution in [0.25, 0.3) is 10.8 Å². The molecule has 0 spiro atoms. The molecule has 22 heavy (non-hydrogen) atoms. The van der Waals surface area contributed by atoms with Crippen molar-refractivity contribution in [1.29, 1.82) is 0 Å². The van der Waals surface area contributed by atoms with Crippen molar-refractivity contribution in [2.45, 2.75) is 19.4 Å². The molecule has 0 aliphatic carbocycles. The summed E-state index contributed by atoms with van der Waals surface area (Å²) in [5.41, 5.74) is 0.0954. The van der Waals surface area contributed by atoms with E-state index < -0.39 is 5.54 Å². The Balaban J connectivity index is 2.53. The highest BCUT2D eigenvalue weighted by molar-refractivity contribution is 5.88. The van der Waals surface area contributed by atoms with Gasteiger partial charge < -0.3 is 9.47 Å². The number of methoxy groups -OCH3 is 1. The van der Waals surface area contributed by atoms with Crippen molar-refractivity contribution in [2.24, 2.45) is 0 Å². The third-order valence-corrected chi connectivity index (χ3v) is 4.18. The van der Waals surface area contributed by atoms with Gasteiger partial charge in [-0.15, -0.1) is 0 Å². The third kappa shape index (κ3) is 2.79. The Hall–Kier alpha value is -2.07. The van der Waals surface area contributed by atoms with Gasteiger partial charge in [0.1, 0.15) is 11.3 Å². The summed E-state index contributed by atoms with van der Waals surface area (Å²) in [4.78, 5) is 14.3. The van der Waals surface area contributed by atoms with Gasteiger partial charge in [0, 0.05) is 0 Å². The van der Waals surface area contributed by atoms with E-state index >= 15 is 0 Å². The first kappa shape index (κ1) is 16.3. The van der Waals surface area contributed by atoms with Crippen LogP contribution in [0.4, 0.5) is 0 Å². The van der Waals surface area contributed by atoms with Gasteiger partial charge in [-0.3, -0.25) is 4.90 Å². The number of hydrogen-bond donors (Lipinski definition) is 0. The molecule has 0 aliphatic heterocycles. The molecule has 2 aromatic carbocycles. The first-order valence-corrected chi connectivity index (χ1v) is 7.36. The maximum atomic E-state index is 12.5. The van der Waals surface area contributed by atoms with Gasteiger partial charge in [-0.2, -0.15) is 0 Å². The second kappa shape index (κ2) is 6.36. The van der Waals surface area contributed by atoms with Crippen molar-refractivity contribution in [3.63, 3.8) is 0 Å². The van der Waals surface area contributed by atoms with Crippen LogP contribution >= 0.6 is 0 Å². The van der Waals surface area contributed by atoms with Gasteiger partial charge >= 0.3 is 5.97 Å². The van der Waals surface area contributed by atoms with Crippen LogP contribution in [0.1, 0.15) is 19.4 Å². The van der Waals surface area contributed by atoms with E-state index in [2.05, 4.69) is 0 Å². The lowest BCUT2D eigenvalue weighted by Crippen LogP contribution is -2.46. The zero-order valence-electron chi connectivity index (χ0n) is 13.8. The topological polar surface area (TPSA) is 38.8 Å². The van der Waals surface area contributed by atoms with E-state index in [0.717, 1.165) is 22.1 Å². The van der Waals surface area contributed by atoms with Crippen LogP contribution in [0.5, 0.6) is 5.75 Å². The van der Waals surface area contributed by atoms with Crippen LogP contribution in [0.2, 0.25) is 0 Å². The SMILES string of the molecule is CCOC(=O)C(C)(c1ccc2cc(OC)ccc2c1)N(C)C. The van der Waals surface area contributed by atoms with Crippen molar-refractivity contribution in [2.75, 3.05) is 27.8 Å². The average Bonchev–Trinajstić information content (AvgIpc) is 2.52. The van der Waals surface area contributed by atoms with E-state index in [0.29, 0.717) is 6.61 Å². The van der Waals surface area contributed by atoms with Crippen LogP contribution in [-0.4, -0.2) is 38.7 Å². The Bertz CT molecular complexity index is 681. The predicted molar refractivity (Wildman–Crippen MR) is 88.2 cm³/mol. The zero-order chi connectivity index (χ0) is 16.3. The maximum Gasteiger partial charge on any atom is 0.330 e. The van der Waals surface area contributed by atoms with Gasteiger partial charge in [0.25, 0.3) is 0 Å². The second-order valence-corrected chi connectivity index (χ2v) is 5.61. The molecule has 0 fully saturated rings. The molecule has 0 radical (unpaired) electrons. The van der Waals surface area contributed by atoms with E-state index in [1.54, 1.807) is 7.11 Å². The molecule has 1 unspecified atom stereocenters. The van der Waals surface area contributed by atoms with E-state index in [9.17, 15) is 4.79 Å². The summed E-state index contributed by atoms with van der Waals surface area (Å²) in [7, 11) is 5.42. The van der Waals surface area contributed by atoms with Gasteiger partial charge in [0.15, 0.2) is 0 Å². The highest BCUT2D eigenvalue weighted by atomic mass is 16.5. The fourth-order valence-electron chi connectivity index (χ4n) is 2.48. The normalized spacial score (nSPS) is 13.9. The lowest BCUT2D eigenvalue weighted by atomic mass is 9.89. The molecule has 0 saturated carbocycles. The minimum atomic E-state index is -0.815. The third-order valence-electron chi connectivity index (χ3n) is 4.18. The highest BCUT2D eigenvalue weighted by Crippen LogP contribution is 2.31. The molecule has 0 aliphatic rings. The van der Waals surface area contributed by atoms with Crippen LogP contribution in [0.3, 0.4) is 0 Å².